The van der Waals surface area contributed by atoms with Crippen LogP contribution >= 0.6 is 0 Å². The summed E-state index contributed by atoms with van der Waals surface area (Å²) in [6.45, 7) is 1.23. The van der Waals surface area contributed by atoms with Crippen molar-refractivity contribution >= 4 is 5.91 Å². The third kappa shape index (κ3) is 3.73. The quantitative estimate of drug-likeness (QED) is 0.849. The van der Waals surface area contributed by atoms with Gasteiger partial charge in [-0.1, -0.05) is 18.2 Å². The van der Waals surface area contributed by atoms with Crippen LogP contribution in [0.5, 0.6) is 5.75 Å². The molecule has 2 heterocycles. The monoisotopic (exact) mass is 313 g/mol. The zero-order chi connectivity index (χ0) is 16.2. The molecule has 5 nitrogen and oxygen atoms in total. The van der Waals surface area contributed by atoms with Crippen LogP contribution in [0.15, 0.2) is 36.7 Å². The Bertz CT molecular complexity index is 680. The molecule has 0 N–H and O–H groups in total. The Hall–Kier alpha value is -2.30. The van der Waals surface area contributed by atoms with Crippen molar-refractivity contribution in [1.82, 2.24) is 14.7 Å². The van der Waals surface area contributed by atoms with Gasteiger partial charge in [0.2, 0.25) is 5.91 Å². The van der Waals surface area contributed by atoms with Gasteiger partial charge in [-0.2, -0.15) is 5.10 Å². The van der Waals surface area contributed by atoms with Gasteiger partial charge in [-0.05, 0) is 36.5 Å². The largest absolute Gasteiger partial charge is 0.492 e. The van der Waals surface area contributed by atoms with Crippen molar-refractivity contribution < 1.29 is 9.53 Å². The molecule has 1 unspecified atom stereocenters. The topological polar surface area (TPSA) is 47.4 Å². The van der Waals surface area contributed by atoms with Crippen molar-refractivity contribution in [1.29, 1.82) is 0 Å². The first-order chi connectivity index (χ1) is 11.1. The van der Waals surface area contributed by atoms with Gasteiger partial charge in [-0.3, -0.25) is 9.48 Å². The molecule has 0 radical (unpaired) electrons. The Labute approximate surface area is 136 Å². The van der Waals surface area contributed by atoms with Crippen LogP contribution in [0.1, 0.15) is 17.5 Å². The van der Waals surface area contributed by atoms with E-state index in [4.69, 9.17) is 4.74 Å². The predicted octanol–water partition coefficient (Wildman–Crippen LogP) is 2.06. The minimum atomic E-state index is -0.0757. The molecule has 2 aromatic rings. The predicted molar refractivity (Wildman–Crippen MR) is 88.3 cm³/mol. The lowest BCUT2D eigenvalue weighted by molar-refractivity contribution is -0.135. The highest BCUT2D eigenvalue weighted by Gasteiger charge is 2.27. The minimum Gasteiger partial charge on any atom is -0.492 e. The summed E-state index contributed by atoms with van der Waals surface area (Å²) >= 11 is 0. The molecule has 0 fully saturated rings. The number of ether oxygens (including phenoxy) is 1. The highest BCUT2D eigenvalue weighted by molar-refractivity contribution is 5.79. The van der Waals surface area contributed by atoms with Crippen molar-refractivity contribution in [3.8, 4) is 5.75 Å². The van der Waals surface area contributed by atoms with E-state index in [1.165, 1.54) is 5.56 Å². The van der Waals surface area contributed by atoms with Crippen molar-refractivity contribution in [3.63, 3.8) is 0 Å². The van der Waals surface area contributed by atoms with Crippen LogP contribution in [0.3, 0.4) is 0 Å². The van der Waals surface area contributed by atoms with Crippen LogP contribution in [0.25, 0.3) is 0 Å². The van der Waals surface area contributed by atoms with Crippen LogP contribution in [0.4, 0.5) is 0 Å². The van der Waals surface area contributed by atoms with Crippen LogP contribution in [0, 0.1) is 5.92 Å². The van der Waals surface area contributed by atoms with Crippen LogP contribution < -0.4 is 4.74 Å². The normalized spacial score (nSPS) is 16.5. The smallest absolute Gasteiger partial charge is 0.229 e. The zero-order valence-electron chi connectivity index (χ0n) is 13.7. The number of para-hydroxylation sites is 1. The Morgan fingerprint density at radius 1 is 1.43 bits per heavy atom. The van der Waals surface area contributed by atoms with Crippen molar-refractivity contribution in [2.75, 3.05) is 20.2 Å². The van der Waals surface area contributed by atoms with Crippen molar-refractivity contribution in [2.45, 2.75) is 19.3 Å². The molecule has 3 rings (SSSR count). The van der Waals surface area contributed by atoms with E-state index >= 15 is 0 Å². The number of carbonyl (C=O) groups excluding carboxylic acids is 1. The summed E-state index contributed by atoms with van der Waals surface area (Å²) in [7, 11) is 3.80. The lowest BCUT2D eigenvalue weighted by atomic mass is 9.95. The number of aromatic nitrogens is 2. The van der Waals surface area contributed by atoms with Gasteiger partial charge in [0.15, 0.2) is 0 Å². The number of nitrogens with zero attached hydrogens (tertiary/aromatic N) is 3. The average molecular weight is 313 g/mol. The number of rotatable bonds is 5. The molecular weight excluding hydrogens is 290 g/mol. The van der Waals surface area contributed by atoms with Crippen LogP contribution in [-0.2, 0) is 24.7 Å². The lowest BCUT2D eigenvalue weighted by Crippen LogP contribution is -2.39. The van der Waals surface area contributed by atoms with Crippen LogP contribution in [0.2, 0.25) is 0 Å². The van der Waals surface area contributed by atoms with Gasteiger partial charge in [0.1, 0.15) is 12.4 Å². The second kappa shape index (κ2) is 6.86. The number of hydrogen-bond acceptors (Lipinski definition) is 3. The maximum atomic E-state index is 12.6. The highest BCUT2D eigenvalue weighted by Crippen LogP contribution is 2.27. The molecule has 1 amide bonds. The first kappa shape index (κ1) is 15.6. The first-order valence-electron chi connectivity index (χ1n) is 8.06. The van der Waals surface area contributed by atoms with Gasteiger partial charge >= 0.3 is 0 Å². The highest BCUT2D eigenvalue weighted by atomic mass is 16.5. The zero-order valence-corrected chi connectivity index (χ0v) is 13.7. The van der Waals surface area contributed by atoms with Crippen molar-refractivity contribution in [3.05, 3.63) is 47.8 Å². The fourth-order valence-electron chi connectivity index (χ4n) is 3.03. The third-order valence-electron chi connectivity index (χ3n) is 4.32. The summed E-state index contributed by atoms with van der Waals surface area (Å²) in [6, 6.07) is 7.96. The molecule has 1 aromatic carbocycles. The van der Waals surface area contributed by atoms with Gasteiger partial charge in [0.05, 0.1) is 12.1 Å². The van der Waals surface area contributed by atoms with Crippen molar-refractivity contribution in [2.24, 2.45) is 13.0 Å². The van der Waals surface area contributed by atoms with Gasteiger partial charge in [-0.15, -0.1) is 0 Å². The number of aryl methyl sites for hydroxylation is 2. The summed E-state index contributed by atoms with van der Waals surface area (Å²) in [5.41, 5.74) is 2.34. The molecule has 1 aromatic heterocycles. The number of fused-ring (bicyclic) bond motifs is 1. The minimum absolute atomic E-state index is 0.0757. The van der Waals surface area contributed by atoms with E-state index in [1.807, 2.05) is 55.7 Å². The fourth-order valence-corrected chi connectivity index (χ4v) is 3.03. The van der Waals surface area contributed by atoms with E-state index in [9.17, 15) is 4.79 Å². The lowest BCUT2D eigenvalue weighted by Gasteiger charge is -2.28. The summed E-state index contributed by atoms with van der Waals surface area (Å²) < 4.78 is 7.53. The molecule has 0 spiro atoms. The van der Waals surface area contributed by atoms with E-state index in [-0.39, 0.29) is 11.8 Å². The maximum Gasteiger partial charge on any atom is 0.229 e. The molecule has 0 saturated heterocycles. The Morgan fingerprint density at radius 2 is 2.26 bits per heavy atom. The standard InChI is InChI=1S/C18H23N3O2/c1-20(9-5-6-14-11-19-21(2)12-14)18(22)16-10-15-7-3-4-8-17(15)23-13-16/h3-4,7-8,11-12,16H,5-6,9-10,13H2,1-2H3. The molecule has 122 valence electrons. The third-order valence-corrected chi connectivity index (χ3v) is 4.32. The van der Waals surface area contributed by atoms with Gasteiger partial charge in [-0.25, -0.2) is 0 Å². The van der Waals surface area contributed by atoms with Gasteiger partial charge in [0, 0.05) is 26.8 Å². The van der Waals surface area contributed by atoms with Gasteiger partial charge < -0.3 is 9.64 Å². The molecule has 1 aliphatic rings. The maximum absolute atomic E-state index is 12.6. The van der Waals surface area contributed by atoms with Crippen LogP contribution in [-0.4, -0.2) is 40.8 Å². The second-order valence-electron chi connectivity index (χ2n) is 6.21. The summed E-state index contributed by atoms with van der Waals surface area (Å²) in [4.78, 5) is 14.4. The number of amides is 1. The molecule has 0 aliphatic carbocycles. The summed E-state index contributed by atoms with van der Waals surface area (Å²) in [5.74, 6) is 1.01. The first-order valence-corrected chi connectivity index (χ1v) is 8.06. The summed E-state index contributed by atoms with van der Waals surface area (Å²) in [6.07, 6.45) is 6.55. The SMILES string of the molecule is CN(CCCc1cnn(C)c1)C(=O)C1COc2ccccc2C1. The molecule has 23 heavy (non-hydrogen) atoms. The average Bonchev–Trinajstić information content (AvgIpc) is 2.99. The molecule has 1 aliphatic heterocycles. The van der Waals surface area contributed by atoms with E-state index in [0.717, 1.165) is 37.1 Å². The van der Waals surface area contributed by atoms with Gasteiger partial charge in [0.25, 0.3) is 0 Å². The molecule has 5 heteroatoms. The number of hydrogen-bond donors (Lipinski definition) is 0. The van der Waals surface area contributed by atoms with E-state index < -0.39 is 0 Å². The molecule has 0 saturated carbocycles. The Balaban J connectivity index is 1.50. The summed E-state index contributed by atoms with van der Waals surface area (Å²) in [5, 5.41) is 4.16. The van der Waals surface area contributed by atoms with E-state index in [0.29, 0.717) is 6.61 Å². The Kier molecular flexibility index (Phi) is 4.65. The molecular formula is C18H23N3O2. The van der Waals surface area contributed by atoms with E-state index in [1.54, 1.807) is 4.68 Å². The molecule has 1 atom stereocenters. The number of carbonyl (C=O) groups is 1. The second-order valence-corrected chi connectivity index (χ2v) is 6.21. The molecule has 0 bridgehead atoms. The fraction of sp³-hybridized carbons (Fsp3) is 0.444. The number of benzene rings is 1. The Morgan fingerprint density at radius 3 is 3.04 bits per heavy atom. The van der Waals surface area contributed by atoms with E-state index in [2.05, 4.69) is 5.10 Å².